The number of rotatable bonds is 8. The molecule has 138 valence electrons. The normalized spacial score (nSPS) is 12.9. The van der Waals surface area contributed by atoms with E-state index in [-0.39, 0.29) is 23.5 Å². The molecule has 0 aliphatic carbocycles. The largest absolute Gasteiger partial charge is 0.354 e. The zero-order valence-electron chi connectivity index (χ0n) is 15.2. The highest BCUT2D eigenvalue weighted by atomic mass is 19.1. The Morgan fingerprint density at radius 1 is 1.04 bits per heavy atom. The van der Waals surface area contributed by atoms with Gasteiger partial charge < -0.3 is 10.6 Å². The number of halogens is 1. The Bertz CT molecular complexity index is 717. The zero-order chi connectivity index (χ0) is 18.9. The van der Waals surface area contributed by atoms with E-state index in [9.17, 15) is 14.0 Å². The van der Waals surface area contributed by atoms with Crippen LogP contribution < -0.4 is 10.6 Å². The predicted molar refractivity (Wildman–Crippen MR) is 100 cm³/mol. The van der Waals surface area contributed by atoms with Crippen LogP contribution in [0.2, 0.25) is 0 Å². The second-order valence-corrected chi connectivity index (χ2v) is 6.37. The molecule has 0 aromatic heterocycles. The Labute approximate surface area is 153 Å². The summed E-state index contributed by atoms with van der Waals surface area (Å²) in [6.45, 7) is 4.35. The van der Waals surface area contributed by atoms with Gasteiger partial charge in [0, 0.05) is 12.1 Å². The fourth-order valence-electron chi connectivity index (χ4n) is 2.61. The van der Waals surface area contributed by atoms with Gasteiger partial charge in [-0.05, 0) is 42.2 Å². The van der Waals surface area contributed by atoms with E-state index in [4.69, 9.17) is 0 Å². The van der Waals surface area contributed by atoms with E-state index in [1.165, 1.54) is 12.1 Å². The number of carbonyl (C=O) groups excluding carboxylic acids is 2. The molecule has 0 saturated heterocycles. The van der Waals surface area contributed by atoms with Crippen molar-refractivity contribution < 1.29 is 14.0 Å². The Morgan fingerprint density at radius 2 is 1.69 bits per heavy atom. The monoisotopic (exact) mass is 356 g/mol. The third kappa shape index (κ3) is 5.69. The van der Waals surface area contributed by atoms with Crippen LogP contribution in [0.15, 0.2) is 54.6 Å². The number of benzene rings is 2. The Kier molecular flexibility index (Phi) is 7.33. The van der Waals surface area contributed by atoms with Crippen molar-refractivity contribution in [2.75, 3.05) is 6.54 Å². The quantitative estimate of drug-likeness (QED) is 0.762. The first-order valence-electron chi connectivity index (χ1n) is 8.89. The third-order valence-corrected chi connectivity index (χ3v) is 4.44. The van der Waals surface area contributed by atoms with Crippen LogP contribution in [0, 0.1) is 11.7 Å². The molecular weight excluding hydrogens is 331 g/mol. The molecule has 5 heteroatoms. The van der Waals surface area contributed by atoms with Gasteiger partial charge in [-0.1, -0.05) is 50.6 Å². The van der Waals surface area contributed by atoms with Crippen LogP contribution in [0.4, 0.5) is 4.39 Å². The second kappa shape index (κ2) is 9.70. The maximum Gasteiger partial charge on any atom is 0.251 e. The van der Waals surface area contributed by atoms with Crippen LogP contribution in [0.5, 0.6) is 0 Å². The molecule has 2 N–H and O–H groups in total. The van der Waals surface area contributed by atoms with E-state index in [0.29, 0.717) is 18.5 Å². The number of hydrogen-bond donors (Lipinski definition) is 2. The molecule has 2 amide bonds. The fraction of sp³-hybridized carbons (Fsp3) is 0.333. The number of nitrogens with one attached hydrogen (secondary N) is 2. The lowest BCUT2D eigenvalue weighted by Crippen LogP contribution is -2.50. The highest BCUT2D eigenvalue weighted by Gasteiger charge is 2.25. The summed E-state index contributed by atoms with van der Waals surface area (Å²) in [5, 5.41) is 5.71. The van der Waals surface area contributed by atoms with Crippen molar-refractivity contribution in [3.8, 4) is 0 Å². The molecule has 0 fully saturated rings. The zero-order valence-corrected chi connectivity index (χ0v) is 15.2. The Hall–Kier alpha value is -2.69. The highest BCUT2D eigenvalue weighted by Crippen LogP contribution is 2.10. The summed E-state index contributed by atoms with van der Waals surface area (Å²) in [6, 6.07) is 14.5. The minimum Gasteiger partial charge on any atom is -0.354 e. The fourth-order valence-corrected chi connectivity index (χ4v) is 2.61. The molecular formula is C21H25FN2O2. The maximum absolute atomic E-state index is 12.9. The first kappa shape index (κ1) is 19.6. The summed E-state index contributed by atoms with van der Waals surface area (Å²) in [5.41, 5.74) is 1.47. The van der Waals surface area contributed by atoms with E-state index >= 15 is 0 Å². The molecule has 0 aliphatic heterocycles. The van der Waals surface area contributed by atoms with Crippen molar-refractivity contribution in [3.05, 3.63) is 71.5 Å². The summed E-state index contributed by atoms with van der Waals surface area (Å²) >= 11 is 0. The molecule has 2 atom stereocenters. The topological polar surface area (TPSA) is 58.2 Å². The van der Waals surface area contributed by atoms with Crippen LogP contribution in [-0.4, -0.2) is 24.4 Å². The molecule has 26 heavy (non-hydrogen) atoms. The van der Waals surface area contributed by atoms with Gasteiger partial charge in [0.1, 0.15) is 11.9 Å². The van der Waals surface area contributed by atoms with Gasteiger partial charge in [0.05, 0.1) is 0 Å². The average Bonchev–Trinajstić information content (AvgIpc) is 2.67. The molecule has 2 unspecified atom stereocenters. The van der Waals surface area contributed by atoms with Crippen LogP contribution in [0.3, 0.4) is 0 Å². The van der Waals surface area contributed by atoms with Gasteiger partial charge in [-0.3, -0.25) is 9.59 Å². The van der Waals surface area contributed by atoms with E-state index in [1.807, 2.05) is 19.9 Å². The van der Waals surface area contributed by atoms with Gasteiger partial charge in [0.15, 0.2) is 0 Å². The molecule has 4 nitrogen and oxygen atoms in total. The van der Waals surface area contributed by atoms with Gasteiger partial charge >= 0.3 is 0 Å². The van der Waals surface area contributed by atoms with E-state index in [2.05, 4.69) is 10.6 Å². The van der Waals surface area contributed by atoms with Crippen molar-refractivity contribution in [3.63, 3.8) is 0 Å². The molecule has 0 aliphatic rings. The first-order chi connectivity index (χ1) is 12.5. The third-order valence-electron chi connectivity index (χ3n) is 4.44. The summed E-state index contributed by atoms with van der Waals surface area (Å²) in [5.74, 6) is -0.734. The minimum atomic E-state index is -0.596. The average molecular weight is 356 g/mol. The van der Waals surface area contributed by atoms with Crippen molar-refractivity contribution in [2.24, 2.45) is 5.92 Å². The highest BCUT2D eigenvalue weighted by molar-refractivity contribution is 5.97. The van der Waals surface area contributed by atoms with Gasteiger partial charge in [-0.25, -0.2) is 4.39 Å². The number of carbonyl (C=O) groups is 2. The first-order valence-corrected chi connectivity index (χ1v) is 8.89. The summed E-state index contributed by atoms with van der Waals surface area (Å²) < 4.78 is 12.9. The standard InChI is InChI=1S/C21H25FN2O2/c1-3-15(2)19(24-20(25)17-7-5-4-6-8-17)21(26)23-14-13-16-9-11-18(22)12-10-16/h4-12,15,19H,3,13-14H2,1-2H3,(H,23,26)(H,24,25). The van der Waals surface area contributed by atoms with Crippen molar-refractivity contribution >= 4 is 11.8 Å². The molecule has 0 spiro atoms. The van der Waals surface area contributed by atoms with Crippen LogP contribution in [0.25, 0.3) is 0 Å². The Morgan fingerprint density at radius 3 is 2.31 bits per heavy atom. The van der Waals surface area contributed by atoms with Gasteiger partial charge in [0.2, 0.25) is 5.91 Å². The molecule has 2 aromatic carbocycles. The van der Waals surface area contributed by atoms with E-state index in [0.717, 1.165) is 12.0 Å². The molecule has 2 rings (SSSR count). The molecule has 0 saturated carbocycles. The van der Waals surface area contributed by atoms with Crippen LogP contribution in [-0.2, 0) is 11.2 Å². The van der Waals surface area contributed by atoms with Gasteiger partial charge in [-0.2, -0.15) is 0 Å². The molecule has 0 bridgehead atoms. The van der Waals surface area contributed by atoms with Crippen LogP contribution >= 0.6 is 0 Å². The smallest absolute Gasteiger partial charge is 0.251 e. The van der Waals surface area contributed by atoms with Crippen molar-refractivity contribution in [2.45, 2.75) is 32.7 Å². The van der Waals surface area contributed by atoms with Gasteiger partial charge in [0.25, 0.3) is 5.91 Å². The SMILES string of the molecule is CCC(C)C(NC(=O)c1ccccc1)C(=O)NCCc1ccc(F)cc1. The molecule has 2 aromatic rings. The lowest BCUT2D eigenvalue weighted by atomic mass is 9.97. The van der Waals surface area contributed by atoms with E-state index in [1.54, 1.807) is 36.4 Å². The lowest BCUT2D eigenvalue weighted by Gasteiger charge is -2.23. The van der Waals surface area contributed by atoms with Crippen LogP contribution in [0.1, 0.15) is 36.2 Å². The minimum absolute atomic E-state index is 0.00785. The molecule has 0 radical (unpaired) electrons. The van der Waals surface area contributed by atoms with Crippen molar-refractivity contribution in [1.29, 1.82) is 0 Å². The number of hydrogen-bond acceptors (Lipinski definition) is 2. The summed E-state index contributed by atoms with van der Waals surface area (Å²) in [4.78, 5) is 24.9. The molecule has 0 heterocycles. The second-order valence-electron chi connectivity index (χ2n) is 6.37. The summed E-state index contributed by atoms with van der Waals surface area (Å²) in [7, 11) is 0. The lowest BCUT2D eigenvalue weighted by molar-refractivity contribution is -0.124. The van der Waals surface area contributed by atoms with Crippen molar-refractivity contribution in [1.82, 2.24) is 10.6 Å². The maximum atomic E-state index is 12.9. The van der Waals surface area contributed by atoms with Gasteiger partial charge in [-0.15, -0.1) is 0 Å². The predicted octanol–water partition coefficient (Wildman–Crippen LogP) is 3.33. The summed E-state index contributed by atoms with van der Waals surface area (Å²) in [6.07, 6.45) is 1.37. The van der Waals surface area contributed by atoms with E-state index < -0.39 is 6.04 Å². The number of amides is 2. The Balaban J connectivity index is 1.93.